The molecule has 0 saturated heterocycles. The van der Waals surface area contributed by atoms with Gasteiger partial charge in [0.1, 0.15) is 13.2 Å². The molecule has 0 atom stereocenters. The maximum absolute atomic E-state index is 12.8. The van der Waals surface area contributed by atoms with Crippen molar-refractivity contribution in [1.82, 2.24) is 0 Å². The van der Waals surface area contributed by atoms with Gasteiger partial charge < -0.3 is 18.9 Å². The Morgan fingerprint density at radius 2 is 1.00 bits per heavy atom. The molecule has 0 radical (unpaired) electrons. The number of ether oxygens (including phenoxy) is 4. The Balaban J connectivity index is 1.72. The van der Waals surface area contributed by atoms with Gasteiger partial charge in [-0.1, -0.05) is 48.5 Å². The lowest BCUT2D eigenvalue weighted by Gasteiger charge is -2.19. The highest BCUT2D eigenvalue weighted by Gasteiger charge is 2.24. The second-order valence-corrected chi connectivity index (χ2v) is 6.99. The Labute approximate surface area is 196 Å². The van der Waals surface area contributed by atoms with Crippen LogP contribution in [0.2, 0.25) is 0 Å². The van der Waals surface area contributed by atoms with E-state index in [9.17, 15) is 19.2 Å². The van der Waals surface area contributed by atoms with Crippen LogP contribution in [0, 0.1) is 0 Å². The lowest BCUT2D eigenvalue weighted by Crippen LogP contribution is -2.31. The van der Waals surface area contributed by atoms with E-state index in [0.717, 1.165) is 0 Å². The Morgan fingerprint density at radius 3 is 1.44 bits per heavy atom. The molecule has 0 spiro atoms. The highest BCUT2D eigenvalue weighted by atomic mass is 16.6. The average Bonchev–Trinajstić information content (AvgIpc) is 2.90. The first-order chi connectivity index (χ1) is 16.5. The van der Waals surface area contributed by atoms with Gasteiger partial charge in [0.2, 0.25) is 0 Å². The van der Waals surface area contributed by atoms with Gasteiger partial charge in [-0.05, 0) is 36.4 Å². The molecule has 3 aromatic rings. The Hall–Kier alpha value is -4.46. The second kappa shape index (κ2) is 12.0. The molecule has 34 heavy (non-hydrogen) atoms. The van der Waals surface area contributed by atoms with Gasteiger partial charge in [-0.25, -0.2) is 19.2 Å². The predicted molar refractivity (Wildman–Crippen MR) is 120 cm³/mol. The molecule has 0 N–H and O–H groups in total. The van der Waals surface area contributed by atoms with Crippen molar-refractivity contribution >= 4 is 23.9 Å². The van der Waals surface area contributed by atoms with Gasteiger partial charge in [-0.3, -0.25) is 0 Å². The molecule has 0 saturated carbocycles. The molecule has 3 rings (SSSR count). The van der Waals surface area contributed by atoms with E-state index in [0.29, 0.717) is 11.1 Å². The first kappa shape index (κ1) is 24.2. The summed E-state index contributed by atoms with van der Waals surface area (Å²) in [5.74, 6) is -2.84. The Bertz CT molecular complexity index is 1090. The summed E-state index contributed by atoms with van der Waals surface area (Å²) in [6.45, 7) is -0.746. The van der Waals surface area contributed by atoms with Crippen molar-refractivity contribution in [2.24, 2.45) is 0 Å². The van der Waals surface area contributed by atoms with Crippen molar-refractivity contribution in [3.63, 3.8) is 0 Å². The number of carbonyl (C=O) groups excluding carboxylic acids is 4. The molecule has 0 aliphatic carbocycles. The number of benzene rings is 3. The minimum atomic E-state index is -1.13. The minimum Gasteiger partial charge on any atom is -0.465 e. The molecule has 0 bridgehead atoms. The molecule has 8 nitrogen and oxygen atoms in total. The first-order valence-electron chi connectivity index (χ1n) is 10.3. The SMILES string of the molecule is COC(=O)c1ccccc1C(=O)OC(COC(=O)c1ccccc1)COC(=O)c1ccccc1. The summed E-state index contributed by atoms with van der Waals surface area (Å²) < 4.78 is 20.7. The van der Waals surface area contributed by atoms with Crippen LogP contribution in [-0.2, 0) is 18.9 Å². The van der Waals surface area contributed by atoms with Gasteiger partial charge in [-0.15, -0.1) is 0 Å². The van der Waals surface area contributed by atoms with Crippen LogP contribution < -0.4 is 0 Å². The first-order valence-corrected chi connectivity index (χ1v) is 10.3. The number of rotatable bonds is 9. The van der Waals surface area contributed by atoms with Crippen molar-refractivity contribution in [3.05, 3.63) is 107 Å². The molecule has 0 amide bonds. The van der Waals surface area contributed by atoms with E-state index < -0.39 is 30.0 Å². The van der Waals surface area contributed by atoms with E-state index in [2.05, 4.69) is 0 Å². The summed E-state index contributed by atoms with van der Waals surface area (Å²) in [4.78, 5) is 49.4. The van der Waals surface area contributed by atoms with E-state index >= 15 is 0 Å². The van der Waals surface area contributed by atoms with Crippen LogP contribution in [0.25, 0.3) is 0 Å². The van der Waals surface area contributed by atoms with E-state index in [1.54, 1.807) is 72.8 Å². The fraction of sp³-hybridized carbons (Fsp3) is 0.154. The number of esters is 4. The zero-order valence-electron chi connectivity index (χ0n) is 18.3. The Morgan fingerprint density at radius 1 is 0.588 bits per heavy atom. The molecule has 174 valence electrons. The van der Waals surface area contributed by atoms with Gasteiger partial charge in [0.15, 0.2) is 6.10 Å². The highest BCUT2D eigenvalue weighted by molar-refractivity contribution is 6.03. The summed E-state index contributed by atoms with van der Waals surface area (Å²) in [7, 11) is 1.19. The maximum Gasteiger partial charge on any atom is 0.339 e. The molecule has 0 aliphatic rings. The van der Waals surface area contributed by atoms with Crippen LogP contribution in [0.4, 0.5) is 0 Å². The molecule has 0 fully saturated rings. The number of carbonyl (C=O) groups is 4. The highest BCUT2D eigenvalue weighted by Crippen LogP contribution is 2.14. The molecular formula is C26H22O8. The van der Waals surface area contributed by atoms with Crippen molar-refractivity contribution in [2.45, 2.75) is 6.10 Å². The van der Waals surface area contributed by atoms with E-state index in [1.165, 1.54) is 19.2 Å². The third-order valence-corrected chi connectivity index (χ3v) is 4.65. The molecule has 8 heteroatoms. The third-order valence-electron chi connectivity index (χ3n) is 4.65. The van der Waals surface area contributed by atoms with Crippen molar-refractivity contribution in [3.8, 4) is 0 Å². The maximum atomic E-state index is 12.8. The second-order valence-electron chi connectivity index (χ2n) is 6.99. The molecule has 0 aliphatic heterocycles. The summed E-state index contributed by atoms with van der Waals surface area (Å²) in [5, 5.41) is 0. The number of hydrogen-bond donors (Lipinski definition) is 0. The van der Waals surface area contributed by atoms with Gasteiger partial charge in [-0.2, -0.15) is 0 Å². The fourth-order valence-electron chi connectivity index (χ4n) is 2.93. The van der Waals surface area contributed by atoms with Gasteiger partial charge in [0, 0.05) is 0 Å². The van der Waals surface area contributed by atoms with Crippen molar-refractivity contribution < 1.29 is 38.1 Å². The van der Waals surface area contributed by atoms with Crippen LogP contribution in [0.5, 0.6) is 0 Å². The lowest BCUT2D eigenvalue weighted by atomic mass is 10.1. The predicted octanol–water partition coefficient (Wildman–Crippen LogP) is 3.71. The van der Waals surface area contributed by atoms with E-state index in [4.69, 9.17) is 18.9 Å². The number of methoxy groups -OCH3 is 1. The topological polar surface area (TPSA) is 105 Å². The lowest BCUT2D eigenvalue weighted by molar-refractivity contribution is -0.0254. The van der Waals surface area contributed by atoms with Crippen LogP contribution in [0.15, 0.2) is 84.9 Å². The smallest absolute Gasteiger partial charge is 0.339 e. The summed E-state index contributed by atoms with van der Waals surface area (Å²) in [5.41, 5.74) is 0.592. The van der Waals surface area contributed by atoms with Crippen molar-refractivity contribution in [1.29, 1.82) is 0 Å². The summed E-state index contributed by atoms with van der Waals surface area (Å²) in [6, 6.07) is 22.5. The minimum absolute atomic E-state index is 0.0105. The third kappa shape index (κ3) is 6.52. The molecule has 0 unspecified atom stereocenters. The zero-order chi connectivity index (χ0) is 24.3. The fourth-order valence-corrected chi connectivity index (χ4v) is 2.93. The van der Waals surface area contributed by atoms with Crippen LogP contribution in [0.3, 0.4) is 0 Å². The summed E-state index contributed by atoms with van der Waals surface area (Å²) in [6.07, 6.45) is -1.13. The average molecular weight is 462 g/mol. The van der Waals surface area contributed by atoms with Gasteiger partial charge >= 0.3 is 23.9 Å². The van der Waals surface area contributed by atoms with E-state index in [-0.39, 0.29) is 24.3 Å². The van der Waals surface area contributed by atoms with Crippen LogP contribution in [0.1, 0.15) is 41.4 Å². The quantitative estimate of drug-likeness (QED) is 0.350. The normalized spacial score (nSPS) is 10.3. The van der Waals surface area contributed by atoms with Gasteiger partial charge in [0.05, 0.1) is 29.4 Å². The van der Waals surface area contributed by atoms with E-state index in [1.807, 2.05) is 0 Å². The summed E-state index contributed by atoms with van der Waals surface area (Å²) >= 11 is 0. The molecule has 0 aromatic heterocycles. The zero-order valence-corrected chi connectivity index (χ0v) is 18.3. The molecule has 3 aromatic carbocycles. The molecule has 0 heterocycles. The molecular weight excluding hydrogens is 440 g/mol. The number of hydrogen-bond acceptors (Lipinski definition) is 8. The van der Waals surface area contributed by atoms with Crippen LogP contribution >= 0.6 is 0 Å². The standard InChI is InChI=1S/C26H22O8/c1-31-25(29)21-14-8-9-15-22(21)26(30)34-20(16-32-23(27)18-10-4-2-5-11-18)17-33-24(28)19-12-6-3-7-13-19/h2-15,20H,16-17H2,1H3. The van der Waals surface area contributed by atoms with Gasteiger partial charge in [0.25, 0.3) is 0 Å². The van der Waals surface area contributed by atoms with Crippen molar-refractivity contribution in [2.75, 3.05) is 20.3 Å². The monoisotopic (exact) mass is 462 g/mol. The largest absolute Gasteiger partial charge is 0.465 e. The Kier molecular flexibility index (Phi) is 8.51. The van der Waals surface area contributed by atoms with Crippen LogP contribution in [-0.4, -0.2) is 50.3 Å².